The van der Waals surface area contributed by atoms with Crippen molar-refractivity contribution in [3.8, 4) is 0 Å². The van der Waals surface area contributed by atoms with Crippen molar-refractivity contribution in [3.63, 3.8) is 0 Å². The predicted octanol–water partition coefficient (Wildman–Crippen LogP) is 2.75. The lowest BCUT2D eigenvalue weighted by Crippen LogP contribution is -2.40. The number of rotatable bonds is 6. The highest BCUT2D eigenvalue weighted by atomic mass is 19.1. The van der Waals surface area contributed by atoms with Gasteiger partial charge in [-0.1, -0.05) is 37.6 Å². The standard InChI is InChI=1S/C15H21FO3/c1-4-6-11-7-9-12(10-8-11)15(3,18)13(16)14(17)19-5-2/h7-10,13,18H,4-6H2,1-3H3. The van der Waals surface area contributed by atoms with Crippen molar-refractivity contribution >= 4 is 5.97 Å². The Morgan fingerprint density at radius 3 is 2.42 bits per heavy atom. The van der Waals surface area contributed by atoms with Crippen LogP contribution in [0.1, 0.15) is 38.3 Å². The van der Waals surface area contributed by atoms with Crippen LogP contribution in [0.15, 0.2) is 24.3 Å². The van der Waals surface area contributed by atoms with E-state index in [1.54, 1.807) is 19.1 Å². The lowest BCUT2D eigenvalue weighted by Gasteiger charge is -2.26. The van der Waals surface area contributed by atoms with Crippen LogP contribution < -0.4 is 0 Å². The van der Waals surface area contributed by atoms with Crippen molar-refractivity contribution in [2.24, 2.45) is 0 Å². The molecule has 0 amide bonds. The summed E-state index contributed by atoms with van der Waals surface area (Å²) in [7, 11) is 0. The summed E-state index contributed by atoms with van der Waals surface area (Å²) in [6.07, 6.45) is -0.145. The minimum Gasteiger partial charge on any atom is -0.464 e. The first-order chi connectivity index (χ1) is 8.93. The number of esters is 1. The highest BCUT2D eigenvalue weighted by Gasteiger charge is 2.40. The molecule has 0 aromatic heterocycles. The Labute approximate surface area is 113 Å². The summed E-state index contributed by atoms with van der Waals surface area (Å²) >= 11 is 0. The molecule has 0 aliphatic carbocycles. The van der Waals surface area contributed by atoms with Gasteiger partial charge in [0.05, 0.1) is 6.61 Å². The van der Waals surface area contributed by atoms with Gasteiger partial charge in [-0.3, -0.25) is 0 Å². The molecule has 1 aromatic rings. The molecule has 4 heteroatoms. The summed E-state index contributed by atoms with van der Waals surface area (Å²) < 4.78 is 18.6. The second-order valence-corrected chi connectivity index (χ2v) is 4.71. The Kier molecular flexibility index (Phi) is 5.48. The van der Waals surface area contributed by atoms with Crippen molar-refractivity contribution in [1.82, 2.24) is 0 Å². The lowest BCUT2D eigenvalue weighted by atomic mass is 9.90. The summed E-state index contributed by atoms with van der Waals surface area (Å²) in [5.74, 6) is -1.04. The number of alkyl halides is 1. The number of aliphatic hydroxyl groups is 1. The zero-order chi connectivity index (χ0) is 14.5. The maximum Gasteiger partial charge on any atom is 0.344 e. The molecule has 0 aliphatic heterocycles. The maximum atomic E-state index is 14.0. The molecule has 3 nitrogen and oxygen atoms in total. The summed E-state index contributed by atoms with van der Waals surface area (Å²) in [6.45, 7) is 5.04. The van der Waals surface area contributed by atoms with E-state index in [0.29, 0.717) is 5.56 Å². The molecule has 0 bridgehead atoms. The number of halogens is 1. The molecule has 2 atom stereocenters. The van der Waals surface area contributed by atoms with E-state index >= 15 is 0 Å². The van der Waals surface area contributed by atoms with Crippen LogP contribution in [0.25, 0.3) is 0 Å². The van der Waals surface area contributed by atoms with Crippen LogP contribution in [0.5, 0.6) is 0 Å². The van der Waals surface area contributed by atoms with Crippen LogP contribution in [0.3, 0.4) is 0 Å². The van der Waals surface area contributed by atoms with Crippen molar-refractivity contribution in [1.29, 1.82) is 0 Å². The zero-order valence-electron chi connectivity index (χ0n) is 11.6. The first-order valence-corrected chi connectivity index (χ1v) is 6.56. The lowest BCUT2D eigenvalue weighted by molar-refractivity contribution is -0.160. The number of carbonyl (C=O) groups is 1. The van der Waals surface area contributed by atoms with Gasteiger partial charge in [-0.2, -0.15) is 0 Å². The minimum atomic E-state index is -2.09. The number of ether oxygens (including phenoxy) is 1. The SMILES string of the molecule is CCCc1ccc(C(C)(O)C(F)C(=O)OCC)cc1. The summed E-state index contributed by atoms with van der Waals surface area (Å²) in [5.41, 5.74) is -0.390. The Hall–Kier alpha value is -1.42. The van der Waals surface area contributed by atoms with Crippen molar-refractivity contribution in [2.45, 2.75) is 45.4 Å². The number of carbonyl (C=O) groups excluding carboxylic acids is 1. The average Bonchev–Trinajstić information content (AvgIpc) is 2.39. The van der Waals surface area contributed by atoms with Gasteiger partial charge in [-0.15, -0.1) is 0 Å². The van der Waals surface area contributed by atoms with Crippen molar-refractivity contribution in [2.75, 3.05) is 6.61 Å². The first-order valence-electron chi connectivity index (χ1n) is 6.56. The van der Waals surface area contributed by atoms with Gasteiger partial charge in [0.15, 0.2) is 0 Å². The molecule has 106 valence electrons. The van der Waals surface area contributed by atoms with Crippen LogP contribution in [0.4, 0.5) is 4.39 Å². The first kappa shape index (κ1) is 15.6. The van der Waals surface area contributed by atoms with Gasteiger partial charge >= 0.3 is 5.97 Å². The van der Waals surface area contributed by atoms with Gasteiger partial charge < -0.3 is 9.84 Å². The molecular weight excluding hydrogens is 247 g/mol. The highest BCUT2D eigenvalue weighted by Crippen LogP contribution is 2.28. The predicted molar refractivity (Wildman–Crippen MR) is 71.5 cm³/mol. The second-order valence-electron chi connectivity index (χ2n) is 4.71. The Morgan fingerprint density at radius 1 is 1.37 bits per heavy atom. The zero-order valence-corrected chi connectivity index (χ0v) is 11.6. The quantitative estimate of drug-likeness (QED) is 0.807. The van der Waals surface area contributed by atoms with Crippen molar-refractivity contribution in [3.05, 3.63) is 35.4 Å². The number of aryl methyl sites for hydroxylation is 1. The molecule has 19 heavy (non-hydrogen) atoms. The molecule has 0 radical (unpaired) electrons. The molecule has 0 saturated carbocycles. The molecular formula is C15H21FO3. The third-order valence-corrected chi connectivity index (χ3v) is 3.06. The summed E-state index contributed by atoms with van der Waals surface area (Å²) in [6, 6.07) is 6.98. The van der Waals surface area contributed by atoms with E-state index in [-0.39, 0.29) is 6.61 Å². The average molecular weight is 268 g/mol. The smallest absolute Gasteiger partial charge is 0.344 e. The van der Waals surface area contributed by atoms with Gasteiger partial charge in [0, 0.05) is 0 Å². The number of hydrogen-bond donors (Lipinski definition) is 1. The van der Waals surface area contributed by atoms with Crippen LogP contribution in [-0.4, -0.2) is 23.9 Å². The molecule has 1 N–H and O–H groups in total. The summed E-state index contributed by atoms with van der Waals surface area (Å²) in [5, 5.41) is 10.2. The van der Waals surface area contributed by atoms with E-state index in [1.807, 2.05) is 12.1 Å². The molecule has 0 saturated heterocycles. The molecule has 0 spiro atoms. The topological polar surface area (TPSA) is 46.5 Å². The Bertz CT molecular complexity index is 412. The van der Waals surface area contributed by atoms with E-state index in [0.717, 1.165) is 18.4 Å². The molecule has 2 unspecified atom stereocenters. The molecule has 1 rings (SSSR count). The molecule has 0 fully saturated rings. The fourth-order valence-corrected chi connectivity index (χ4v) is 1.89. The monoisotopic (exact) mass is 268 g/mol. The third kappa shape index (κ3) is 3.77. The van der Waals surface area contributed by atoms with E-state index in [9.17, 15) is 14.3 Å². The molecule has 0 heterocycles. The third-order valence-electron chi connectivity index (χ3n) is 3.06. The number of benzene rings is 1. The maximum absolute atomic E-state index is 14.0. The van der Waals surface area contributed by atoms with E-state index < -0.39 is 17.7 Å². The van der Waals surface area contributed by atoms with Crippen LogP contribution in [0, 0.1) is 0 Å². The van der Waals surface area contributed by atoms with Gasteiger partial charge in [-0.25, -0.2) is 9.18 Å². The van der Waals surface area contributed by atoms with E-state index in [2.05, 4.69) is 11.7 Å². The van der Waals surface area contributed by atoms with Crippen LogP contribution >= 0.6 is 0 Å². The van der Waals surface area contributed by atoms with Crippen LogP contribution in [-0.2, 0) is 21.6 Å². The van der Waals surface area contributed by atoms with Crippen LogP contribution in [0.2, 0.25) is 0 Å². The Balaban J connectivity index is 2.89. The summed E-state index contributed by atoms with van der Waals surface area (Å²) in [4.78, 5) is 11.4. The fraction of sp³-hybridized carbons (Fsp3) is 0.533. The second kappa shape index (κ2) is 6.66. The number of hydrogen-bond acceptors (Lipinski definition) is 3. The molecule has 0 aliphatic rings. The van der Waals surface area contributed by atoms with Crippen molar-refractivity contribution < 1.29 is 19.0 Å². The van der Waals surface area contributed by atoms with E-state index in [1.165, 1.54) is 6.92 Å². The largest absolute Gasteiger partial charge is 0.464 e. The fourth-order valence-electron chi connectivity index (χ4n) is 1.89. The minimum absolute atomic E-state index is 0.0881. The van der Waals surface area contributed by atoms with Gasteiger partial charge in [0.1, 0.15) is 5.60 Å². The van der Waals surface area contributed by atoms with Gasteiger partial charge in [0.2, 0.25) is 6.17 Å². The Morgan fingerprint density at radius 2 is 1.95 bits per heavy atom. The van der Waals surface area contributed by atoms with E-state index in [4.69, 9.17) is 0 Å². The molecule has 1 aromatic carbocycles. The normalized spacial score (nSPS) is 15.6. The van der Waals surface area contributed by atoms with Gasteiger partial charge in [-0.05, 0) is 31.4 Å². The van der Waals surface area contributed by atoms with Gasteiger partial charge in [0.25, 0.3) is 0 Å². The highest BCUT2D eigenvalue weighted by molar-refractivity contribution is 5.76.